The first-order chi connectivity index (χ1) is 28.2. The van der Waals surface area contributed by atoms with E-state index in [4.69, 9.17) is 9.47 Å². The summed E-state index contributed by atoms with van der Waals surface area (Å²) in [5.74, 6) is -0.451. The van der Waals surface area contributed by atoms with Gasteiger partial charge in [0.05, 0.1) is 18.9 Å². The SMILES string of the molecule is C=Cc1c2[nH]c(c1C)/C=C1\N/C(=C3\c4[nH]c(c(C)c4C(O)[C@@H]3C(=O)OC)/C=c3\[nH]/c(c(C)c3CC)=C\2)[C@@H](CCC(=O)OC/C=C(\C)CCC[C@H](C)CCCC(C)C)[C@@H]1C. The summed E-state index contributed by atoms with van der Waals surface area (Å²) >= 11 is 0. The van der Waals surface area contributed by atoms with Crippen molar-refractivity contribution in [1.82, 2.24) is 20.3 Å². The second kappa shape index (κ2) is 18.7. The van der Waals surface area contributed by atoms with Gasteiger partial charge in [-0.25, -0.2) is 0 Å². The Morgan fingerprint density at radius 3 is 2.32 bits per heavy atom. The van der Waals surface area contributed by atoms with Crippen molar-refractivity contribution in [1.29, 1.82) is 0 Å². The molecule has 1 fully saturated rings. The van der Waals surface area contributed by atoms with Crippen LogP contribution in [0.25, 0.3) is 29.9 Å². The molecule has 5 N–H and O–H groups in total. The third kappa shape index (κ3) is 9.06. The number of hydrogen-bond donors (Lipinski definition) is 5. The maximum Gasteiger partial charge on any atom is 0.316 e. The summed E-state index contributed by atoms with van der Waals surface area (Å²) in [7, 11) is 1.36. The van der Waals surface area contributed by atoms with Crippen LogP contribution < -0.4 is 16.0 Å². The number of fused-ring (bicyclic) bond motifs is 7. The van der Waals surface area contributed by atoms with Gasteiger partial charge in [-0.1, -0.05) is 78.5 Å². The number of hydrogen-bond acceptors (Lipinski definition) is 6. The van der Waals surface area contributed by atoms with Gasteiger partial charge in [-0.05, 0) is 112 Å². The van der Waals surface area contributed by atoms with Crippen LogP contribution in [0.3, 0.4) is 0 Å². The van der Waals surface area contributed by atoms with E-state index in [9.17, 15) is 14.7 Å². The zero-order chi connectivity index (χ0) is 42.7. The molecular formula is C50H68N4O5. The van der Waals surface area contributed by atoms with E-state index >= 15 is 0 Å². The van der Waals surface area contributed by atoms with Crippen LogP contribution in [0.1, 0.15) is 155 Å². The zero-order valence-electron chi connectivity index (χ0n) is 37.2. The van der Waals surface area contributed by atoms with Crippen molar-refractivity contribution in [3.05, 3.63) is 96.5 Å². The number of aliphatic hydroxyl groups excluding tert-OH is 1. The minimum Gasteiger partial charge on any atom is -0.468 e. The predicted molar refractivity (Wildman–Crippen MR) is 239 cm³/mol. The molecule has 59 heavy (non-hydrogen) atoms. The number of rotatable bonds is 16. The number of methoxy groups -OCH3 is 1. The molecule has 1 saturated heterocycles. The molecule has 1 aliphatic carbocycles. The van der Waals surface area contributed by atoms with Crippen LogP contribution in [0.15, 0.2) is 29.6 Å². The summed E-state index contributed by atoms with van der Waals surface area (Å²) in [6, 6.07) is 0. The lowest BCUT2D eigenvalue weighted by molar-refractivity contribution is -0.146. The van der Waals surface area contributed by atoms with E-state index < -0.39 is 18.0 Å². The van der Waals surface area contributed by atoms with Crippen LogP contribution in [0.4, 0.5) is 0 Å². The van der Waals surface area contributed by atoms with Gasteiger partial charge in [0.15, 0.2) is 0 Å². The van der Waals surface area contributed by atoms with Crippen LogP contribution in [0.5, 0.6) is 0 Å². The highest BCUT2D eigenvalue weighted by Crippen LogP contribution is 2.52. The molecule has 3 aromatic heterocycles. The fourth-order valence-electron chi connectivity index (χ4n) is 9.66. The molecule has 0 radical (unpaired) electrons. The summed E-state index contributed by atoms with van der Waals surface area (Å²) in [6.07, 6.45) is 18.0. The Bertz CT molecular complexity index is 2290. The normalized spacial score (nSPS) is 23.5. The Morgan fingerprint density at radius 1 is 0.915 bits per heavy atom. The Balaban J connectivity index is 1.33. The molecule has 0 spiro atoms. The molecule has 1 unspecified atom stereocenters. The molecule has 9 heteroatoms. The summed E-state index contributed by atoms with van der Waals surface area (Å²) in [4.78, 5) is 38.0. The number of aromatic amines is 3. The molecule has 8 bridgehead atoms. The standard InChI is InChI=1S/C50H68N4O5/c1-12-34-30(7)37-24-39-32(9)36(20-21-43(55)59-23-22-29(6)19-15-18-28(5)17-14-16-27(3)4)47(53-39)45-46(50(57)58-11)49(56)44-33(10)40(54-48(44)45)26-42-35(13-2)31(8)38(52-42)25-41(34)51-37/h12,22,24-28,32,36,46,49,51-54,56H,1,13-21,23H2,2-11H3/b29-22+,38-25-,39-24-,42-26-,47-45-/t28-,32+,36+,46-,49?/m1/s1. The van der Waals surface area contributed by atoms with E-state index in [1.807, 2.05) is 19.1 Å². The highest BCUT2D eigenvalue weighted by atomic mass is 16.5. The van der Waals surface area contributed by atoms with Crippen molar-refractivity contribution in [2.24, 2.45) is 29.6 Å². The van der Waals surface area contributed by atoms with Gasteiger partial charge in [-0.3, -0.25) is 9.59 Å². The van der Waals surface area contributed by atoms with E-state index in [2.05, 4.69) is 100 Å². The number of aromatic nitrogens is 3. The summed E-state index contributed by atoms with van der Waals surface area (Å²) in [6.45, 7) is 24.0. The van der Waals surface area contributed by atoms with Gasteiger partial charge in [-0.15, -0.1) is 0 Å². The third-order valence-corrected chi connectivity index (χ3v) is 13.4. The molecular weight excluding hydrogens is 737 g/mol. The molecule has 0 saturated carbocycles. The van der Waals surface area contributed by atoms with Gasteiger partial charge in [-0.2, -0.15) is 0 Å². The van der Waals surface area contributed by atoms with Crippen molar-refractivity contribution >= 4 is 41.8 Å². The van der Waals surface area contributed by atoms with Crippen LogP contribution in [-0.2, 0) is 25.5 Å². The van der Waals surface area contributed by atoms with Crippen molar-refractivity contribution in [2.45, 2.75) is 126 Å². The number of H-pyrrole nitrogens is 3. The average Bonchev–Trinajstić information content (AvgIpc) is 3.94. The van der Waals surface area contributed by atoms with Crippen LogP contribution in [0.2, 0.25) is 0 Å². The van der Waals surface area contributed by atoms with Gasteiger partial charge in [0, 0.05) is 74.1 Å². The van der Waals surface area contributed by atoms with Gasteiger partial charge in [0.1, 0.15) is 12.5 Å². The molecule has 6 rings (SSSR count). The lowest BCUT2D eigenvalue weighted by Crippen LogP contribution is -2.24. The first kappa shape index (κ1) is 43.8. The van der Waals surface area contributed by atoms with Crippen LogP contribution in [0, 0.1) is 50.4 Å². The van der Waals surface area contributed by atoms with E-state index in [0.29, 0.717) is 17.6 Å². The minimum absolute atomic E-state index is 0.0559. The van der Waals surface area contributed by atoms with Crippen LogP contribution >= 0.6 is 0 Å². The van der Waals surface area contributed by atoms with Gasteiger partial charge in [0.25, 0.3) is 0 Å². The van der Waals surface area contributed by atoms with E-state index in [1.54, 1.807) is 0 Å². The smallest absolute Gasteiger partial charge is 0.316 e. The maximum atomic E-state index is 13.6. The Labute approximate surface area is 351 Å². The summed E-state index contributed by atoms with van der Waals surface area (Å²) in [5, 5.41) is 17.7. The molecule has 9 nitrogen and oxygen atoms in total. The maximum absolute atomic E-state index is 13.6. The molecule has 318 valence electrons. The van der Waals surface area contributed by atoms with E-state index in [0.717, 1.165) is 92.7 Å². The Hall–Kier alpha value is -4.76. The van der Waals surface area contributed by atoms with Crippen LogP contribution in [-0.4, -0.2) is 45.7 Å². The number of ether oxygens (including phenoxy) is 2. The monoisotopic (exact) mass is 805 g/mol. The molecule has 0 aromatic carbocycles. The first-order valence-corrected chi connectivity index (χ1v) is 22.0. The molecule has 5 heterocycles. The number of carbonyl (C=O) groups excluding carboxylic acids is 2. The zero-order valence-corrected chi connectivity index (χ0v) is 37.2. The van der Waals surface area contributed by atoms with Gasteiger partial charge >= 0.3 is 11.9 Å². The Kier molecular flexibility index (Phi) is 13.9. The fraction of sp³-hybridized carbons (Fsp3) is 0.520. The number of allylic oxidation sites excluding steroid dienone is 3. The van der Waals surface area contributed by atoms with E-state index in [-0.39, 0.29) is 30.8 Å². The topological polar surface area (TPSA) is 132 Å². The average molecular weight is 805 g/mol. The number of carbonyl (C=O) groups is 2. The van der Waals surface area contributed by atoms with Crippen molar-refractivity contribution in [2.75, 3.05) is 13.7 Å². The van der Waals surface area contributed by atoms with Gasteiger partial charge < -0.3 is 34.8 Å². The molecule has 3 aromatic rings. The molecule has 0 amide bonds. The predicted octanol–water partition coefficient (Wildman–Crippen LogP) is 9.12. The summed E-state index contributed by atoms with van der Waals surface area (Å²) < 4.78 is 11.1. The highest BCUT2D eigenvalue weighted by molar-refractivity contribution is 5.95. The second-order valence-corrected chi connectivity index (χ2v) is 17.8. The van der Waals surface area contributed by atoms with Crippen molar-refractivity contribution in [3.8, 4) is 0 Å². The fourth-order valence-corrected chi connectivity index (χ4v) is 9.66. The lowest BCUT2D eigenvalue weighted by atomic mass is 9.84. The highest BCUT2D eigenvalue weighted by Gasteiger charge is 2.48. The van der Waals surface area contributed by atoms with Crippen molar-refractivity contribution in [3.63, 3.8) is 0 Å². The third-order valence-electron chi connectivity index (χ3n) is 13.4. The quantitative estimate of drug-likeness (QED) is 0.0725. The summed E-state index contributed by atoms with van der Waals surface area (Å²) in [5.41, 5.74) is 13.2. The number of aliphatic hydroxyl groups is 1. The van der Waals surface area contributed by atoms with Crippen molar-refractivity contribution < 1.29 is 24.2 Å². The largest absolute Gasteiger partial charge is 0.468 e. The Morgan fingerprint density at radius 2 is 1.63 bits per heavy atom. The second-order valence-electron chi connectivity index (χ2n) is 17.8. The minimum atomic E-state index is -1.11. The molecule has 5 atom stereocenters. The number of esters is 2. The lowest BCUT2D eigenvalue weighted by Gasteiger charge is -2.21. The molecule has 3 aliphatic rings. The first-order valence-electron chi connectivity index (χ1n) is 22.0. The molecule has 2 aliphatic heterocycles. The van der Waals surface area contributed by atoms with E-state index in [1.165, 1.54) is 49.5 Å². The number of nitrogens with one attached hydrogen (secondary N) is 4. The van der Waals surface area contributed by atoms with Gasteiger partial charge in [0.2, 0.25) is 0 Å².